The highest BCUT2D eigenvalue weighted by molar-refractivity contribution is 4.80. The molecule has 0 aliphatic heterocycles. The van der Waals surface area contributed by atoms with Crippen LogP contribution < -0.4 is 0 Å². The zero-order chi connectivity index (χ0) is 14.1. The van der Waals surface area contributed by atoms with E-state index in [-0.39, 0.29) is 0 Å². The average Bonchev–Trinajstić information content (AvgIpc) is 2.37. The largest absolute Gasteiger partial charge is 0.0654 e. The lowest BCUT2D eigenvalue weighted by molar-refractivity contribution is 0.117. The summed E-state index contributed by atoms with van der Waals surface area (Å²) < 4.78 is 0. The molecule has 3 unspecified atom stereocenters. The highest BCUT2D eigenvalue weighted by atomic mass is 14.4. The smallest absolute Gasteiger partial charge is 0.0355 e. The van der Waals surface area contributed by atoms with Crippen molar-refractivity contribution >= 4 is 0 Å². The quantitative estimate of drug-likeness (QED) is 0.415. The summed E-state index contributed by atoms with van der Waals surface area (Å²) in [5, 5.41) is 0. The van der Waals surface area contributed by atoms with Gasteiger partial charge in [0.05, 0.1) is 0 Å². The molecule has 0 saturated heterocycles. The third kappa shape index (κ3) is 5.33. The number of hydrogen-bond acceptors (Lipinski definition) is 0. The van der Waals surface area contributed by atoms with Gasteiger partial charge in [-0.1, -0.05) is 80.6 Å². The molecule has 0 spiro atoms. The predicted molar refractivity (Wildman–Crippen MR) is 84.9 cm³/mol. The number of hydrogen-bond donors (Lipinski definition) is 0. The molecule has 0 saturated carbocycles. The summed E-state index contributed by atoms with van der Waals surface area (Å²) >= 11 is 0. The molecular formula is C18H38. The molecule has 0 rings (SSSR count). The molecule has 0 aliphatic rings. The molecule has 0 N–H and O–H groups in total. The van der Waals surface area contributed by atoms with Crippen molar-refractivity contribution in [3.05, 3.63) is 0 Å². The van der Waals surface area contributed by atoms with Crippen LogP contribution in [-0.4, -0.2) is 0 Å². The second-order valence-electron chi connectivity index (χ2n) is 6.56. The average molecular weight is 255 g/mol. The summed E-state index contributed by atoms with van der Waals surface area (Å²) in [4.78, 5) is 0. The molecule has 18 heavy (non-hydrogen) atoms. The summed E-state index contributed by atoms with van der Waals surface area (Å²) in [5.41, 5.74) is 0. The fraction of sp³-hybridized carbons (Fsp3) is 1.00. The zero-order valence-corrected chi connectivity index (χ0v) is 14.1. The standard InChI is InChI=1S/C18H38/c1-8-12-13-18(15(7)14(5)6)17(11-4)16(9-2)10-3/h14-18H,8-13H2,1-7H3. The fourth-order valence-electron chi connectivity index (χ4n) is 3.68. The van der Waals surface area contributed by atoms with Gasteiger partial charge in [-0.3, -0.25) is 0 Å². The van der Waals surface area contributed by atoms with Crippen LogP contribution in [0.5, 0.6) is 0 Å². The van der Waals surface area contributed by atoms with E-state index in [0.29, 0.717) is 0 Å². The molecule has 0 aliphatic carbocycles. The summed E-state index contributed by atoms with van der Waals surface area (Å²) in [6, 6.07) is 0. The molecule has 0 aromatic heterocycles. The maximum absolute atomic E-state index is 2.50. The van der Waals surface area contributed by atoms with Crippen LogP contribution in [0.1, 0.15) is 87.0 Å². The van der Waals surface area contributed by atoms with Crippen molar-refractivity contribution in [2.75, 3.05) is 0 Å². The second kappa shape index (κ2) is 9.87. The van der Waals surface area contributed by atoms with Crippen LogP contribution in [-0.2, 0) is 0 Å². The number of unbranched alkanes of at least 4 members (excludes halogenated alkanes) is 1. The topological polar surface area (TPSA) is 0 Å². The summed E-state index contributed by atoms with van der Waals surface area (Å²) in [6.45, 7) is 16.8. The first-order valence-electron chi connectivity index (χ1n) is 8.53. The van der Waals surface area contributed by atoms with Gasteiger partial charge in [-0.15, -0.1) is 0 Å². The van der Waals surface area contributed by atoms with Gasteiger partial charge in [0.25, 0.3) is 0 Å². The van der Waals surface area contributed by atoms with Gasteiger partial charge in [0.2, 0.25) is 0 Å². The molecule has 0 heteroatoms. The van der Waals surface area contributed by atoms with Crippen molar-refractivity contribution in [1.82, 2.24) is 0 Å². The lowest BCUT2D eigenvalue weighted by Gasteiger charge is -2.38. The Morgan fingerprint density at radius 1 is 0.722 bits per heavy atom. The van der Waals surface area contributed by atoms with Crippen molar-refractivity contribution in [2.24, 2.45) is 29.6 Å². The fourth-order valence-corrected chi connectivity index (χ4v) is 3.68. The Morgan fingerprint density at radius 2 is 1.28 bits per heavy atom. The molecule has 0 heterocycles. The van der Waals surface area contributed by atoms with Gasteiger partial charge in [0.1, 0.15) is 0 Å². The van der Waals surface area contributed by atoms with Crippen LogP contribution in [0.2, 0.25) is 0 Å². The summed E-state index contributed by atoms with van der Waals surface area (Å²) in [5.74, 6) is 4.54. The minimum Gasteiger partial charge on any atom is -0.0654 e. The van der Waals surface area contributed by atoms with Crippen LogP contribution in [0, 0.1) is 29.6 Å². The monoisotopic (exact) mass is 254 g/mol. The van der Waals surface area contributed by atoms with Crippen molar-refractivity contribution in [2.45, 2.75) is 87.0 Å². The normalized spacial score (nSPS) is 17.2. The van der Waals surface area contributed by atoms with E-state index in [4.69, 9.17) is 0 Å². The van der Waals surface area contributed by atoms with E-state index in [1.54, 1.807) is 0 Å². The van der Waals surface area contributed by atoms with Gasteiger partial charge in [-0.25, -0.2) is 0 Å². The van der Waals surface area contributed by atoms with Crippen molar-refractivity contribution in [3.63, 3.8) is 0 Å². The Bertz CT molecular complexity index is 178. The van der Waals surface area contributed by atoms with Crippen LogP contribution in [0.25, 0.3) is 0 Å². The van der Waals surface area contributed by atoms with E-state index >= 15 is 0 Å². The van der Waals surface area contributed by atoms with E-state index in [2.05, 4.69) is 48.5 Å². The van der Waals surface area contributed by atoms with Crippen molar-refractivity contribution in [1.29, 1.82) is 0 Å². The SMILES string of the molecule is CCCCC(C(C)C(C)C)C(CC)C(CC)CC. The van der Waals surface area contributed by atoms with Crippen LogP contribution in [0.3, 0.4) is 0 Å². The van der Waals surface area contributed by atoms with E-state index in [9.17, 15) is 0 Å². The zero-order valence-electron chi connectivity index (χ0n) is 14.1. The third-order valence-electron chi connectivity index (χ3n) is 5.29. The Balaban J connectivity index is 4.86. The molecule has 0 fully saturated rings. The van der Waals surface area contributed by atoms with E-state index in [0.717, 1.165) is 29.6 Å². The predicted octanol–water partition coefficient (Wildman–Crippen LogP) is 6.55. The van der Waals surface area contributed by atoms with Gasteiger partial charge >= 0.3 is 0 Å². The minimum absolute atomic E-state index is 0.829. The number of rotatable bonds is 10. The molecule has 110 valence electrons. The highest BCUT2D eigenvalue weighted by Gasteiger charge is 2.30. The lowest BCUT2D eigenvalue weighted by Crippen LogP contribution is -2.30. The Kier molecular flexibility index (Phi) is 9.87. The van der Waals surface area contributed by atoms with Crippen LogP contribution in [0.4, 0.5) is 0 Å². The highest BCUT2D eigenvalue weighted by Crippen LogP contribution is 2.39. The minimum atomic E-state index is 0.829. The first kappa shape index (κ1) is 18.0. The molecule has 0 amide bonds. The molecular weight excluding hydrogens is 216 g/mol. The Morgan fingerprint density at radius 3 is 1.61 bits per heavy atom. The van der Waals surface area contributed by atoms with E-state index in [1.165, 1.54) is 38.5 Å². The van der Waals surface area contributed by atoms with Gasteiger partial charge in [-0.2, -0.15) is 0 Å². The molecule has 0 aromatic carbocycles. The second-order valence-corrected chi connectivity index (χ2v) is 6.56. The van der Waals surface area contributed by atoms with E-state index < -0.39 is 0 Å². The summed E-state index contributed by atoms with van der Waals surface area (Å²) in [7, 11) is 0. The van der Waals surface area contributed by atoms with Crippen molar-refractivity contribution in [3.8, 4) is 0 Å². The van der Waals surface area contributed by atoms with Crippen LogP contribution >= 0.6 is 0 Å². The third-order valence-corrected chi connectivity index (χ3v) is 5.29. The van der Waals surface area contributed by atoms with E-state index in [1.807, 2.05) is 0 Å². The Hall–Kier alpha value is 0. The Labute approximate surface area is 117 Å². The van der Waals surface area contributed by atoms with Gasteiger partial charge < -0.3 is 0 Å². The van der Waals surface area contributed by atoms with Crippen molar-refractivity contribution < 1.29 is 0 Å². The molecule has 3 atom stereocenters. The molecule has 0 nitrogen and oxygen atoms in total. The maximum atomic E-state index is 2.50. The maximum Gasteiger partial charge on any atom is -0.0355 e. The first-order chi connectivity index (χ1) is 8.53. The van der Waals surface area contributed by atoms with Gasteiger partial charge in [0, 0.05) is 0 Å². The van der Waals surface area contributed by atoms with Crippen LogP contribution in [0.15, 0.2) is 0 Å². The first-order valence-corrected chi connectivity index (χ1v) is 8.53. The van der Waals surface area contributed by atoms with Gasteiger partial charge in [-0.05, 0) is 36.0 Å². The molecule has 0 bridgehead atoms. The molecule has 0 radical (unpaired) electrons. The molecule has 0 aromatic rings. The van der Waals surface area contributed by atoms with Gasteiger partial charge in [0.15, 0.2) is 0 Å². The summed E-state index contributed by atoms with van der Waals surface area (Å²) in [6.07, 6.45) is 8.31. The lowest BCUT2D eigenvalue weighted by atomic mass is 9.68.